The summed E-state index contributed by atoms with van der Waals surface area (Å²) in [7, 11) is 0. The maximum Gasteiger partial charge on any atom is 0.239 e. The molecule has 128 valence electrons. The van der Waals surface area contributed by atoms with Crippen molar-refractivity contribution in [2.24, 2.45) is 0 Å². The summed E-state index contributed by atoms with van der Waals surface area (Å²) in [5, 5.41) is 6.33. The number of carbonyl (C=O) groups excluding carboxylic acids is 2. The minimum absolute atomic E-state index is 0.00529. The highest BCUT2D eigenvalue weighted by Crippen LogP contribution is 2.28. The second kappa shape index (κ2) is 8.06. The standard InChI is InChI=1S/C18H23N3O2S/c1-11(2)20-17(23)10-19-16(22)9-15-18(21-13(4)24-15)14-7-5-12(3)6-8-14/h5-8,11H,9-10H2,1-4H3,(H,19,22)(H,20,23). The van der Waals surface area contributed by atoms with Gasteiger partial charge in [-0.15, -0.1) is 11.3 Å². The largest absolute Gasteiger partial charge is 0.352 e. The normalized spacial score (nSPS) is 10.7. The molecule has 24 heavy (non-hydrogen) atoms. The van der Waals surface area contributed by atoms with E-state index in [-0.39, 0.29) is 30.8 Å². The Morgan fingerprint density at radius 1 is 1.12 bits per heavy atom. The SMILES string of the molecule is Cc1ccc(-c2nc(C)sc2CC(=O)NCC(=O)NC(C)C)cc1. The van der Waals surface area contributed by atoms with E-state index in [0.717, 1.165) is 21.1 Å². The molecule has 1 heterocycles. The first kappa shape index (κ1) is 18.1. The van der Waals surface area contributed by atoms with E-state index in [1.165, 1.54) is 16.9 Å². The zero-order valence-electron chi connectivity index (χ0n) is 14.5. The van der Waals surface area contributed by atoms with E-state index in [9.17, 15) is 9.59 Å². The van der Waals surface area contributed by atoms with E-state index in [2.05, 4.69) is 15.6 Å². The third-order valence-electron chi connectivity index (χ3n) is 3.35. The van der Waals surface area contributed by atoms with Crippen LogP contribution in [-0.2, 0) is 16.0 Å². The second-order valence-electron chi connectivity index (χ2n) is 6.05. The molecule has 0 saturated carbocycles. The number of amides is 2. The van der Waals surface area contributed by atoms with E-state index >= 15 is 0 Å². The number of aryl methyl sites for hydroxylation is 2. The van der Waals surface area contributed by atoms with E-state index in [4.69, 9.17) is 0 Å². The smallest absolute Gasteiger partial charge is 0.239 e. The van der Waals surface area contributed by atoms with Gasteiger partial charge in [0, 0.05) is 16.5 Å². The van der Waals surface area contributed by atoms with Gasteiger partial charge in [-0.05, 0) is 27.7 Å². The quantitative estimate of drug-likeness (QED) is 0.845. The number of nitrogens with zero attached hydrogens (tertiary/aromatic N) is 1. The van der Waals surface area contributed by atoms with Gasteiger partial charge in [-0.2, -0.15) is 0 Å². The van der Waals surface area contributed by atoms with Crippen molar-refractivity contribution in [2.75, 3.05) is 6.54 Å². The molecule has 0 aliphatic rings. The van der Waals surface area contributed by atoms with Crippen LogP contribution in [0.1, 0.15) is 29.3 Å². The maximum atomic E-state index is 12.1. The lowest BCUT2D eigenvalue weighted by Crippen LogP contribution is -2.40. The van der Waals surface area contributed by atoms with Crippen molar-refractivity contribution in [1.29, 1.82) is 0 Å². The number of nitrogens with one attached hydrogen (secondary N) is 2. The molecule has 0 radical (unpaired) electrons. The van der Waals surface area contributed by atoms with Crippen LogP contribution in [-0.4, -0.2) is 29.4 Å². The Bertz CT molecular complexity index is 720. The van der Waals surface area contributed by atoms with Gasteiger partial charge in [0.25, 0.3) is 0 Å². The van der Waals surface area contributed by atoms with Gasteiger partial charge in [0.05, 0.1) is 23.7 Å². The molecular formula is C18H23N3O2S. The Kier molecular flexibility index (Phi) is 6.09. The van der Waals surface area contributed by atoms with E-state index in [1.807, 2.05) is 52.0 Å². The summed E-state index contributed by atoms with van der Waals surface area (Å²) in [6, 6.07) is 8.16. The number of carbonyl (C=O) groups is 2. The van der Waals surface area contributed by atoms with Crippen LogP contribution in [0.25, 0.3) is 11.3 Å². The highest BCUT2D eigenvalue weighted by molar-refractivity contribution is 7.12. The Morgan fingerprint density at radius 3 is 2.42 bits per heavy atom. The molecule has 0 aliphatic carbocycles. The molecule has 5 nitrogen and oxygen atoms in total. The van der Waals surface area contributed by atoms with Crippen LogP contribution < -0.4 is 10.6 Å². The van der Waals surface area contributed by atoms with Gasteiger partial charge in [0.15, 0.2) is 0 Å². The predicted molar refractivity (Wildman–Crippen MR) is 97.0 cm³/mol. The molecule has 0 unspecified atom stereocenters. The van der Waals surface area contributed by atoms with Gasteiger partial charge in [0.2, 0.25) is 11.8 Å². The summed E-state index contributed by atoms with van der Waals surface area (Å²) in [5.41, 5.74) is 3.03. The Labute approximate surface area is 146 Å². The summed E-state index contributed by atoms with van der Waals surface area (Å²) < 4.78 is 0. The number of thiazole rings is 1. The van der Waals surface area contributed by atoms with Crippen LogP contribution in [0.3, 0.4) is 0 Å². The number of rotatable bonds is 6. The second-order valence-corrected chi connectivity index (χ2v) is 7.33. The molecule has 0 saturated heterocycles. The number of aromatic nitrogens is 1. The summed E-state index contributed by atoms with van der Waals surface area (Å²) in [6.07, 6.45) is 0.226. The third kappa shape index (κ3) is 5.16. The average molecular weight is 345 g/mol. The number of hydrogen-bond acceptors (Lipinski definition) is 4. The lowest BCUT2D eigenvalue weighted by molar-refractivity contribution is -0.126. The van der Waals surface area contributed by atoms with Crippen LogP contribution in [0.15, 0.2) is 24.3 Å². The molecule has 2 rings (SSSR count). The molecule has 2 N–H and O–H groups in total. The number of benzene rings is 1. The van der Waals surface area contributed by atoms with E-state index in [0.29, 0.717) is 0 Å². The summed E-state index contributed by atoms with van der Waals surface area (Å²) in [6.45, 7) is 7.72. The van der Waals surface area contributed by atoms with Crippen molar-refractivity contribution in [1.82, 2.24) is 15.6 Å². The van der Waals surface area contributed by atoms with Crippen LogP contribution in [0, 0.1) is 13.8 Å². The number of hydrogen-bond donors (Lipinski definition) is 2. The summed E-state index contributed by atoms with van der Waals surface area (Å²) in [5.74, 6) is -0.358. The van der Waals surface area contributed by atoms with E-state index < -0.39 is 0 Å². The van der Waals surface area contributed by atoms with Gasteiger partial charge in [0.1, 0.15) is 0 Å². The lowest BCUT2D eigenvalue weighted by atomic mass is 10.1. The van der Waals surface area contributed by atoms with Crippen LogP contribution in [0.5, 0.6) is 0 Å². The molecule has 0 spiro atoms. The lowest BCUT2D eigenvalue weighted by Gasteiger charge is -2.09. The first-order chi connectivity index (χ1) is 11.3. The van der Waals surface area contributed by atoms with Crippen molar-refractivity contribution in [3.63, 3.8) is 0 Å². The maximum absolute atomic E-state index is 12.1. The van der Waals surface area contributed by atoms with Crippen LogP contribution in [0.4, 0.5) is 0 Å². The first-order valence-corrected chi connectivity index (χ1v) is 8.76. The molecule has 1 aromatic heterocycles. The minimum atomic E-state index is -0.183. The summed E-state index contributed by atoms with van der Waals surface area (Å²) in [4.78, 5) is 29.2. The molecular weight excluding hydrogens is 322 g/mol. The van der Waals surface area contributed by atoms with E-state index in [1.54, 1.807) is 0 Å². The van der Waals surface area contributed by atoms with Gasteiger partial charge in [-0.25, -0.2) is 4.98 Å². The average Bonchev–Trinajstić information content (AvgIpc) is 2.86. The zero-order valence-corrected chi connectivity index (χ0v) is 15.3. The third-order valence-corrected chi connectivity index (χ3v) is 4.32. The molecule has 0 fully saturated rings. The fraction of sp³-hybridized carbons (Fsp3) is 0.389. The van der Waals surface area contributed by atoms with Crippen molar-refractivity contribution >= 4 is 23.2 Å². The van der Waals surface area contributed by atoms with Crippen molar-refractivity contribution in [2.45, 2.75) is 40.2 Å². The van der Waals surface area contributed by atoms with Crippen LogP contribution in [0.2, 0.25) is 0 Å². The highest BCUT2D eigenvalue weighted by Gasteiger charge is 2.15. The van der Waals surface area contributed by atoms with Gasteiger partial charge in [-0.3, -0.25) is 9.59 Å². The summed E-state index contributed by atoms with van der Waals surface area (Å²) >= 11 is 1.51. The Hall–Kier alpha value is -2.21. The van der Waals surface area contributed by atoms with Gasteiger partial charge >= 0.3 is 0 Å². The van der Waals surface area contributed by atoms with Crippen molar-refractivity contribution in [3.8, 4) is 11.3 Å². The molecule has 0 bridgehead atoms. The molecule has 0 aliphatic heterocycles. The topological polar surface area (TPSA) is 71.1 Å². The minimum Gasteiger partial charge on any atom is -0.352 e. The van der Waals surface area contributed by atoms with Crippen LogP contribution >= 0.6 is 11.3 Å². The monoisotopic (exact) mass is 345 g/mol. The van der Waals surface area contributed by atoms with Gasteiger partial charge < -0.3 is 10.6 Å². The van der Waals surface area contributed by atoms with Gasteiger partial charge in [-0.1, -0.05) is 29.8 Å². The molecule has 6 heteroatoms. The molecule has 1 aromatic carbocycles. The fourth-order valence-electron chi connectivity index (χ4n) is 2.29. The predicted octanol–water partition coefficient (Wildman–Crippen LogP) is 2.61. The molecule has 0 atom stereocenters. The fourth-order valence-corrected chi connectivity index (χ4v) is 3.24. The molecule has 2 amide bonds. The zero-order chi connectivity index (χ0) is 17.7. The highest BCUT2D eigenvalue weighted by atomic mass is 32.1. The van der Waals surface area contributed by atoms with Crippen molar-refractivity contribution in [3.05, 3.63) is 39.7 Å². The Balaban J connectivity index is 2.03. The van der Waals surface area contributed by atoms with Crippen molar-refractivity contribution < 1.29 is 9.59 Å². The Morgan fingerprint density at radius 2 is 1.79 bits per heavy atom. The first-order valence-electron chi connectivity index (χ1n) is 7.94. The molecule has 2 aromatic rings.